The van der Waals surface area contributed by atoms with Gasteiger partial charge in [0.25, 0.3) is 0 Å². The maximum atomic E-state index is 13.3. The van der Waals surface area contributed by atoms with Crippen molar-refractivity contribution in [2.24, 2.45) is 5.92 Å². The fourth-order valence-electron chi connectivity index (χ4n) is 2.12. The topological polar surface area (TPSA) is 0 Å². The largest absolute Gasteiger partial charge is 0.203 e. The normalized spacial score (nSPS) is 24.4. The first-order chi connectivity index (χ1) is 7.43. The van der Waals surface area contributed by atoms with E-state index >= 15 is 0 Å². The predicted octanol–water partition coefficient (Wildman–Crippen LogP) is 3.90. The molecule has 1 aromatic carbocycles. The number of rotatable bonds is 1. The quantitative estimate of drug-likeness (QED) is 0.394. The molecule has 5 heteroatoms. The lowest BCUT2D eigenvalue weighted by atomic mass is 9.72. The lowest BCUT2D eigenvalue weighted by molar-refractivity contribution is 0.264. The van der Waals surface area contributed by atoms with Gasteiger partial charge in [0.05, 0.1) is 0 Å². The third-order valence-corrected chi connectivity index (χ3v) is 3.03. The minimum absolute atomic E-state index is 0.264. The first-order valence-electron chi connectivity index (χ1n) is 4.94. The maximum Gasteiger partial charge on any atom is 0.200 e. The fourth-order valence-corrected chi connectivity index (χ4v) is 2.12. The molecule has 0 heterocycles. The van der Waals surface area contributed by atoms with E-state index in [1.54, 1.807) is 0 Å². The van der Waals surface area contributed by atoms with E-state index in [1.165, 1.54) is 0 Å². The molecule has 16 heavy (non-hydrogen) atoms. The van der Waals surface area contributed by atoms with E-state index < -0.39 is 40.6 Å². The molecule has 0 atom stereocenters. The summed E-state index contributed by atoms with van der Waals surface area (Å²) < 4.78 is 65.0. The van der Waals surface area contributed by atoms with Crippen molar-refractivity contribution in [3.05, 3.63) is 34.6 Å². The molecule has 88 valence electrons. The lowest BCUT2D eigenvalue weighted by Gasteiger charge is -2.33. The molecule has 0 nitrogen and oxygen atoms in total. The van der Waals surface area contributed by atoms with E-state index in [9.17, 15) is 22.0 Å². The summed E-state index contributed by atoms with van der Waals surface area (Å²) in [5, 5.41) is 0. The van der Waals surface area contributed by atoms with E-state index in [0.717, 1.165) is 0 Å². The van der Waals surface area contributed by atoms with Crippen LogP contribution in [0, 0.1) is 35.0 Å². The number of benzene rings is 1. The molecule has 1 saturated carbocycles. The SMILES string of the molecule is CC1CC(c2c(F)c(F)c(F)c(F)c2F)C1. The van der Waals surface area contributed by atoms with Gasteiger partial charge in [-0.2, -0.15) is 0 Å². The van der Waals surface area contributed by atoms with Gasteiger partial charge in [-0.15, -0.1) is 0 Å². The van der Waals surface area contributed by atoms with Crippen LogP contribution in [0.1, 0.15) is 31.2 Å². The molecular formula is C11H9F5. The Morgan fingerprint density at radius 2 is 1.12 bits per heavy atom. The van der Waals surface area contributed by atoms with Crippen LogP contribution in [0.5, 0.6) is 0 Å². The van der Waals surface area contributed by atoms with Crippen molar-refractivity contribution in [3.8, 4) is 0 Å². The number of halogens is 5. The van der Waals surface area contributed by atoms with Crippen molar-refractivity contribution in [1.82, 2.24) is 0 Å². The van der Waals surface area contributed by atoms with Crippen LogP contribution in [0.4, 0.5) is 22.0 Å². The van der Waals surface area contributed by atoms with Gasteiger partial charge in [-0.1, -0.05) is 6.92 Å². The van der Waals surface area contributed by atoms with Crippen LogP contribution in [0.15, 0.2) is 0 Å². The maximum absolute atomic E-state index is 13.3. The highest BCUT2D eigenvalue weighted by Gasteiger charge is 2.35. The van der Waals surface area contributed by atoms with Gasteiger partial charge in [-0.05, 0) is 24.7 Å². The van der Waals surface area contributed by atoms with E-state index in [4.69, 9.17) is 0 Å². The Morgan fingerprint density at radius 1 is 0.750 bits per heavy atom. The van der Waals surface area contributed by atoms with Crippen molar-refractivity contribution in [2.75, 3.05) is 0 Å². The van der Waals surface area contributed by atoms with E-state index in [0.29, 0.717) is 12.8 Å². The van der Waals surface area contributed by atoms with Crippen LogP contribution in [0.3, 0.4) is 0 Å². The zero-order valence-electron chi connectivity index (χ0n) is 8.46. The Bertz CT molecular complexity index is 405. The summed E-state index contributed by atoms with van der Waals surface area (Å²) >= 11 is 0. The van der Waals surface area contributed by atoms with Crippen LogP contribution in [0.2, 0.25) is 0 Å². The first-order valence-corrected chi connectivity index (χ1v) is 4.94. The molecule has 0 spiro atoms. The molecule has 1 fully saturated rings. The second kappa shape index (κ2) is 3.71. The minimum Gasteiger partial charge on any atom is -0.203 e. The van der Waals surface area contributed by atoms with Gasteiger partial charge in [0.1, 0.15) is 0 Å². The summed E-state index contributed by atoms with van der Waals surface area (Å²) in [6.45, 7) is 1.86. The van der Waals surface area contributed by atoms with Crippen LogP contribution < -0.4 is 0 Å². The molecule has 1 aromatic rings. The first kappa shape index (κ1) is 11.4. The Kier molecular flexibility index (Phi) is 2.64. The summed E-state index contributed by atoms with van der Waals surface area (Å²) in [5.74, 6) is -9.46. The van der Waals surface area contributed by atoms with Crippen molar-refractivity contribution in [1.29, 1.82) is 0 Å². The third kappa shape index (κ3) is 1.49. The Balaban J connectivity index is 2.53. The lowest BCUT2D eigenvalue weighted by Crippen LogP contribution is -2.23. The molecule has 0 bridgehead atoms. The molecule has 0 aromatic heterocycles. The average molecular weight is 236 g/mol. The van der Waals surface area contributed by atoms with Crippen molar-refractivity contribution in [2.45, 2.75) is 25.7 Å². The highest BCUT2D eigenvalue weighted by Crippen LogP contribution is 2.44. The summed E-state index contributed by atoms with van der Waals surface area (Å²) in [4.78, 5) is 0. The molecule has 0 radical (unpaired) electrons. The molecular weight excluding hydrogens is 227 g/mol. The van der Waals surface area contributed by atoms with Gasteiger partial charge in [0, 0.05) is 5.56 Å². The van der Waals surface area contributed by atoms with Crippen molar-refractivity contribution in [3.63, 3.8) is 0 Å². The molecule has 0 amide bonds. The van der Waals surface area contributed by atoms with Gasteiger partial charge >= 0.3 is 0 Å². The summed E-state index contributed by atoms with van der Waals surface area (Å²) in [7, 11) is 0. The van der Waals surface area contributed by atoms with Crippen LogP contribution in [-0.2, 0) is 0 Å². The zero-order valence-corrected chi connectivity index (χ0v) is 8.46. The molecule has 0 unspecified atom stereocenters. The number of hydrogen-bond donors (Lipinski definition) is 0. The predicted molar refractivity (Wildman–Crippen MR) is 47.4 cm³/mol. The number of hydrogen-bond acceptors (Lipinski definition) is 0. The Morgan fingerprint density at radius 3 is 1.50 bits per heavy atom. The third-order valence-electron chi connectivity index (χ3n) is 3.03. The van der Waals surface area contributed by atoms with Gasteiger partial charge in [0.2, 0.25) is 5.82 Å². The molecule has 2 rings (SSSR count). The highest BCUT2D eigenvalue weighted by molar-refractivity contribution is 5.29. The second-order valence-corrected chi connectivity index (χ2v) is 4.26. The van der Waals surface area contributed by atoms with Crippen LogP contribution >= 0.6 is 0 Å². The molecule has 1 aliphatic rings. The molecule has 0 saturated heterocycles. The minimum atomic E-state index is -2.09. The Labute approximate surface area is 89.1 Å². The highest BCUT2D eigenvalue weighted by atomic mass is 19.2. The summed E-state index contributed by atoms with van der Waals surface area (Å²) in [5.41, 5.74) is -0.658. The molecule has 1 aliphatic carbocycles. The summed E-state index contributed by atoms with van der Waals surface area (Å²) in [6.07, 6.45) is 0.913. The van der Waals surface area contributed by atoms with Crippen LogP contribution in [-0.4, -0.2) is 0 Å². The van der Waals surface area contributed by atoms with E-state index in [-0.39, 0.29) is 5.92 Å². The van der Waals surface area contributed by atoms with Gasteiger partial charge < -0.3 is 0 Å². The fraction of sp³-hybridized carbons (Fsp3) is 0.455. The van der Waals surface area contributed by atoms with E-state index in [2.05, 4.69) is 0 Å². The standard InChI is InChI=1S/C11H9F5/c1-4-2-5(3-4)6-7(12)9(14)11(16)10(15)8(6)13/h4-5H,2-3H2,1H3. The summed E-state index contributed by atoms with van der Waals surface area (Å²) in [6, 6.07) is 0. The zero-order chi connectivity index (χ0) is 12.0. The monoisotopic (exact) mass is 236 g/mol. The second-order valence-electron chi connectivity index (χ2n) is 4.26. The van der Waals surface area contributed by atoms with Crippen LogP contribution in [0.25, 0.3) is 0 Å². The van der Waals surface area contributed by atoms with Gasteiger partial charge in [-0.3, -0.25) is 0 Å². The van der Waals surface area contributed by atoms with Crippen molar-refractivity contribution < 1.29 is 22.0 Å². The van der Waals surface area contributed by atoms with Gasteiger partial charge in [0.15, 0.2) is 23.3 Å². The average Bonchev–Trinajstić information content (AvgIpc) is 2.21. The smallest absolute Gasteiger partial charge is 0.200 e. The van der Waals surface area contributed by atoms with Crippen molar-refractivity contribution >= 4 is 0 Å². The Hall–Kier alpha value is -1.13. The van der Waals surface area contributed by atoms with E-state index in [1.807, 2.05) is 6.92 Å². The molecule has 0 N–H and O–H groups in total. The van der Waals surface area contributed by atoms with Gasteiger partial charge in [-0.25, -0.2) is 22.0 Å². The molecule has 0 aliphatic heterocycles.